The topological polar surface area (TPSA) is 46.2 Å². The first kappa shape index (κ1) is 14.6. The van der Waals surface area contributed by atoms with Gasteiger partial charge >= 0.3 is 0 Å². The van der Waals surface area contributed by atoms with Gasteiger partial charge in [0.2, 0.25) is 0 Å². The summed E-state index contributed by atoms with van der Waals surface area (Å²) < 4.78 is 13.9. The monoisotopic (exact) mass is 303 g/mol. The van der Waals surface area contributed by atoms with Crippen LogP contribution in [0.2, 0.25) is 0 Å². The van der Waals surface area contributed by atoms with Gasteiger partial charge in [0.25, 0.3) is 0 Å². The number of benzene rings is 1. The van der Waals surface area contributed by atoms with Gasteiger partial charge in [-0.15, -0.1) is 0 Å². The number of rotatable bonds is 5. The molecule has 0 aliphatic heterocycles. The fourth-order valence-corrected chi connectivity index (χ4v) is 2.17. The SMILES string of the molecule is CC(C)CC[C@H](O)[C@H](N)c1cc(F)ccc1Br. The van der Waals surface area contributed by atoms with E-state index in [0.717, 1.165) is 10.9 Å². The number of hydrogen-bond donors (Lipinski definition) is 2. The van der Waals surface area contributed by atoms with Crippen LogP contribution in [0.1, 0.15) is 38.3 Å². The van der Waals surface area contributed by atoms with Crippen LogP contribution in [0.3, 0.4) is 0 Å². The van der Waals surface area contributed by atoms with Gasteiger partial charge in [-0.1, -0.05) is 29.8 Å². The van der Waals surface area contributed by atoms with Crippen LogP contribution >= 0.6 is 15.9 Å². The Labute approximate surface area is 110 Å². The summed E-state index contributed by atoms with van der Waals surface area (Å²) in [6, 6.07) is 3.78. The first-order chi connectivity index (χ1) is 7.91. The lowest BCUT2D eigenvalue weighted by Gasteiger charge is -2.21. The molecule has 17 heavy (non-hydrogen) atoms. The van der Waals surface area contributed by atoms with Gasteiger partial charge in [0.1, 0.15) is 5.82 Å². The van der Waals surface area contributed by atoms with Crippen LogP contribution < -0.4 is 5.73 Å². The molecule has 0 amide bonds. The van der Waals surface area contributed by atoms with E-state index >= 15 is 0 Å². The van der Waals surface area contributed by atoms with Crippen molar-refractivity contribution < 1.29 is 9.50 Å². The second kappa shape index (κ2) is 6.47. The molecule has 2 atom stereocenters. The molecule has 0 bridgehead atoms. The minimum absolute atomic E-state index is 0.338. The fraction of sp³-hybridized carbons (Fsp3) is 0.538. The largest absolute Gasteiger partial charge is 0.391 e. The van der Waals surface area contributed by atoms with Crippen LogP contribution in [0.4, 0.5) is 4.39 Å². The van der Waals surface area contributed by atoms with Crippen LogP contribution in [0.5, 0.6) is 0 Å². The normalized spacial score (nSPS) is 15.0. The molecule has 0 heterocycles. The standard InChI is InChI=1S/C13H19BrFNO/c1-8(2)3-6-12(17)13(16)10-7-9(15)4-5-11(10)14/h4-5,7-8,12-13,17H,3,6,16H2,1-2H3/t12-,13+/m0/s1. The predicted octanol–water partition coefficient (Wildman–Crippen LogP) is 3.39. The molecule has 0 radical (unpaired) electrons. The average Bonchev–Trinajstić information content (AvgIpc) is 2.28. The van der Waals surface area contributed by atoms with Gasteiger partial charge in [-0.3, -0.25) is 0 Å². The zero-order chi connectivity index (χ0) is 13.0. The maximum Gasteiger partial charge on any atom is 0.123 e. The maximum absolute atomic E-state index is 13.1. The van der Waals surface area contributed by atoms with Gasteiger partial charge < -0.3 is 10.8 Å². The van der Waals surface area contributed by atoms with Crippen molar-refractivity contribution >= 4 is 15.9 Å². The summed E-state index contributed by atoms with van der Waals surface area (Å²) in [5.41, 5.74) is 6.56. The van der Waals surface area contributed by atoms with Crippen LogP contribution in [0.25, 0.3) is 0 Å². The highest BCUT2D eigenvalue weighted by Crippen LogP contribution is 2.27. The maximum atomic E-state index is 13.1. The lowest BCUT2D eigenvalue weighted by atomic mass is 9.96. The van der Waals surface area contributed by atoms with Crippen molar-refractivity contribution in [1.82, 2.24) is 0 Å². The molecule has 0 spiro atoms. The van der Waals surface area contributed by atoms with Crippen LogP contribution in [-0.4, -0.2) is 11.2 Å². The van der Waals surface area contributed by atoms with E-state index in [0.29, 0.717) is 17.9 Å². The minimum atomic E-state index is -0.643. The summed E-state index contributed by atoms with van der Waals surface area (Å²) in [5.74, 6) is 0.183. The van der Waals surface area contributed by atoms with Gasteiger partial charge in [-0.25, -0.2) is 4.39 Å². The smallest absolute Gasteiger partial charge is 0.123 e. The number of aliphatic hydroxyl groups is 1. The highest BCUT2D eigenvalue weighted by Gasteiger charge is 2.19. The number of halogens is 2. The summed E-state index contributed by atoms with van der Waals surface area (Å²) >= 11 is 3.32. The third-order valence-electron chi connectivity index (χ3n) is 2.77. The Morgan fingerprint density at radius 3 is 2.59 bits per heavy atom. The first-order valence-corrected chi connectivity index (χ1v) is 6.59. The minimum Gasteiger partial charge on any atom is -0.391 e. The second-order valence-corrected chi connectivity index (χ2v) is 5.58. The summed E-state index contributed by atoms with van der Waals surface area (Å²) in [4.78, 5) is 0. The molecule has 0 fully saturated rings. The third-order valence-corrected chi connectivity index (χ3v) is 3.49. The van der Waals surface area contributed by atoms with E-state index < -0.39 is 12.1 Å². The molecule has 0 saturated carbocycles. The lowest BCUT2D eigenvalue weighted by molar-refractivity contribution is 0.128. The predicted molar refractivity (Wildman–Crippen MR) is 71.1 cm³/mol. The van der Waals surface area contributed by atoms with Crippen LogP contribution in [-0.2, 0) is 0 Å². The van der Waals surface area contributed by atoms with E-state index in [1.807, 2.05) is 0 Å². The van der Waals surface area contributed by atoms with Crippen LogP contribution in [0, 0.1) is 11.7 Å². The number of nitrogens with two attached hydrogens (primary N) is 1. The third kappa shape index (κ3) is 4.37. The molecule has 3 N–H and O–H groups in total. The molecule has 1 aromatic rings. The van der Waals surface area contributed by atoms with E-state index in [4.69, 9.17) is 5.73 Å². The Bertz CT molecular complexity index is 370. The Hall–Kier alpha value is -0.450. The Morgan fingerprint density at radius 2 is 2.00 bits per heavy atom. The van der Waals surface area contributed by atoms with Crippen molar-refractivity contribution in [3.05, 3.63) is 34.1 Å². The Kier molecular flexibility index (Phi) is 5.56. The lowest BCUT2D eigenvalue weighted by Crippen LogP contribution is -2.27. The van der Waals surface area contributed by atoms with E-state index in [9.17, 15) is 9.50 Å². The zero-order valence-electron chi connectivity index (χ0n) is 10.2. The quantitative estimate of drug-likeness (QED) is 0.876. The molecule has 0 aliphatic rings. The molecule has 2 nitrogen and oxygen atoms in total. The molecule has 0 aromatic heterocycles. The van der Waals surface area contributed by atoms with Crippen molar-refractivity contribution in [3.63, 3.8) is 0 Å². The second-order valence-electron chi connectivity index (χ2n) is 4.73. The van der Waals surface area contributed by atoms with Crippen molar-refractivity contribution in [3.8, 4) is 0 Å². The molecule has 0 aliphatic carbocycles. The fourth-order valence-electron chi connectivity index (χ4n) is 1.66. The van der Waals surface area contributed by atoms with E-state index in [1.54, 1.807) is 6.07 Å². The molecule has 96 valence electrons. The molecular formula is C13H19BrFNO. The highest BCUT2D eigenvalue weighted by molar-refractivity contribution is 9.10. The van der Waals surface area contributed by atoms with Crippen molar-refractivity contribution in [2.45, 2.75) is 38.8 Å². The summed E-state index contributed by atoms with van der Waals surface area (Å²) in [6.07, 6.45) is 0.888. The molecular weight excluding hydrogens is 285 g/mol. The molecule has 4 heteroatoms. The van der Waals surface area contributed by atoms with E-state index in [1.165, 1.54) is 12.1 Å². The summed E-state index contributed by atoms with van der Waals surface area (Å²) in [7, 11) is 0. The molecule has 1 rings (SSSR count). The van der Waals surface area contributed by atoms with Gasteiger partial charge in [-0.05, 0) is 42.5 Å². The average molecular weight is 304 g/mol. The zero-order valence-corrected chi connectivity index (χ0v) is 11.7. The van der Waals surface area contributed by atoms with E-state index in [2.05, 4.69) is 29.8 Å². The molecule has 1 aromatic carbocycles. The number of aliphatic hydroxyl groups excluding tert-OH is 1. The van der Waals surface area contributed by atoms with Crippen molar-refractivity contribution in [2.24, 2.45) is 11.7 Å². The highest BCUT2D eigenvalue weighted by atomic mass is 79.9. The summed E-state index contributed by atoms with van der Waals surface area (Å²) in [6.45, 7) is 4.19. The van der Waals surface area contributed by atoms with E-state index in [-0.39, 0.29) is 5.82 Å². The summed E-state index contributed by atoms with van der Waals surface area (Å²) in [5, 5.41) is 9.97. The van der Waals surface area contributed by atoms with Gasteiger partial charge in [0.05, 0.1) is 12.1 Å². The Morgan fingerprint density at radius 1 is 1.35 bits per heavy atom. The first-order valence-electron chi connectivity index (χ1n) is 5.80. The van der Waals surface area contributed by atoms with Crippen LogP contribution in [0.15, 0.2) is 22.7 Å². The molecule has 0 unspecified atom stereocenters. The van der Waals surface area contributed by atoms with Gasteiger partial charge in [0, 0.05) is 4.47 Å². The molecule has 0 saturated heterocycles. The van der Waals surface area contributed by atoms with Crippen molar-refractivity contribution in [1.29, 1.82) is 0 Å². The number of hydrogen-bond acceptors (Lipinski definition) is 2. The van der Waals surface area contributed by atoms with Gasteiger partial charge in [0.15, 0.2) is 0 Å². The Balaban J connectivity index is 2.74. The van der Waals surface area contributed by atoms with Gasteiger partial charge in [-0.2, -0.15) is 0 Å². The van der Waals surface area contributed by atoms with Crippen molar-refractivity contribution in [2.75, 3.05) is 0 Å².